The minimum atomic E-state index is 0.00746. The van der Waals surface area contributed by atoms with E-state index in [9.17, 15) is 4.79 Å². The molecule has 0 aliphatic heterocycles. The molecule has 1 N–H and O–H groups in total. The molecule has 1 aromatic carbocycles. The Balaban J connectivity index is 1.54. The maximum Gasteiger partial charge on any atom is 0.245 e. The number of aromatic nitrogens is 2. The van der Waals surface area contributed by atoms with Gasteiger partial charge in [0.1, 0.15) is 0 Å². The molecule has 7 heteroatoms. The molecule has 0 spiro atoms. The molecule has 0 bridgehead atoms. The van der Waals surface area contributed by atoms with Gasteiger partial charge in [0.2, 0.25) is 11.8 Å². The number of hydrogen-bond donors (Lipinski definition) is 1. The zero-order valence-electron chi connectivity index (χ0n) is 22.4. The Kier molecular flexibility index (Phi) is 9.43. The van der Waals surface area contributed by atoms with Crippen LogP contribution in [0.5, 0.6) is 5.88 Å². The molecule has 0 atom stereocenters. The van der Waals surface area contributed by atoms with Gasteiger partial charge < -0.3 is 14.6 Å². The third kappa shape index (κ3) is 6.55. The second kappa shape index (κ2) is 12.9. The van der Waals surface area contributed by atoms with Crippen LogP contribution >= 0.6 is 22.9 Å². The Hall–Kier alpha value is -3.35. The Morgan fingerprint density at radius 2 is 1.97 bits per heavy atom. The molecule has 5 nitrogen and oxygen atoms in total. The fourth-order valence-electron chi connectivity index (χ4n) is 4.36. The van der Waals surface area contributed by atoms with E-state index in [4.69, 9.17) is 16.3 Å². The molecule has 0 saturated heterocycles. The maximum absolute atomic E-state index is 11.6. The minimum absolute atomic E-state index is 0.00746. The van der Waals surface area contributed by atoms with Crippen molar-refractivity contribution >= 4 is 50.9 Å². The van der Waals surface area contributed by atoms with Gasteiger partial charge in [-0.25, -0.2) is 4.98 Å². The molecule has 0 aliphatic rings. The van der Waals surface area contributed by atoms with Crippen LogP contribution < -0.4 is 4.74 Å². The summed E-state index contributed by atoms with van der Waals surface area (Å²) in [5, 5.41) is 3.93. The average Bonchev–Trinajstić information content (AvgIpc) is 3.49. The lowest BCUT2D eigenvalue weighted by molar-refractivity contribution is -0.123. The van der Waals surface area contributed by atoms with Crippen molar-refractivity contribution in [2.75, 3.05) is 20.7 Å². The Labute approximate surface area is 233 Å². The van der Waals surface area contributed by atoms with Crippen molar-refractivity contribution in [1.29, 1.82) is 0 Å². The first-order valence-electron chi connectivity index (χ1n) is 12.9. The molecule has 4 rings (SSSR count). The van der Waals surface area contributed by atoms with Crippen molar-refractivity contribution in [3.05, 3.63) is 92.9 Å². The number of amides is 1. The third-order valence-electron chi connectivity index (χ3n) is 6.37. The van der Waals surface area contributed by atoms with Crippen molar-refractivity contribution in [1.82, 2.24) is 14.9 Å². The summed E-state index contributed by atoms with van der Waals surface area (Å²) < 4.78 is 5.90. The minimum Gasteiger partial charge on any atom is -0.478 e. The number of unbranched alkanes of at least 4 members (excludes halogenated alkanes) is 2. The van der Waals surface area contributed by atoms with Crippen LogP contribution in [-0.4, -0.2) is 41.5 Å². The highest BCUT2D eigenvalue weighted by Gasteiger charge is 2.20. The number of hydrogen-bond acceptors (Lipinski definition) is 4. The number of rotatable bonds is 11. The molecule has 0 radical (unpaired) electrons. The Morgan fingerprint density at radius 1 is 1.16 bits per heavy atom. The molecule has 4 aromatic rings. The fraction of sp³-hybridized carbons (Fsp3) is 0.290. The van der Waals surface area contributed by atoms with Gasteiger partial charge in [-0.3, -0.25) is 4.79 Å². The van der Waals surface area contributed by atoms with Crippen molar-refractivity contribution in [2.24, 2.45) is 0 Å². The van der Waals surface area contributed by atoms with Crippen LogP contribution in [0.3, 0.4) is 0 Å². The molecule has 198 valence electrons. The van der Waals surface area contributed by atoms with Gasteiger partial charge in [-0.1, -0.05) is 42.8 Å². The number of aromatic amines is 1. The summed E-state index contributed by atoms with van der Waals surface area (Å²) in [4.78, 5) is 22.6. The lowest BCUT2D eigenvalue weighted by Crippen LogP contribution is -2.18. The number of nitrogens with zero attached hydrogens (tertiary/aromatic N) is 2. The summed E-state index contributed by atoms with van der Waals surface area (Å²) in [6.07, 6.45) is 8.93. The van der Waals surface area contributed by atoms with E-state index in [-0.39, 0.29) is 5.91 Å². The molecule has 0 aliphatic carbocycles. The van der Waals surface area contributed by atoms with Crippen molar-refractivity contribution in [2.45, 2.75) is 39.5 Å². The van der Waals surface area contributed by atoms with E-state index >= 15 is 0 Å². The van der Waals surface area contributed by atoms with Gasteiger partial charge in [0, 0.05) is 53.3 Å². The number of pyridine rings is 1. The van der Waals surface area contributed by atoms with Gasteiger partial charge in [0.25, 0.3) is 0 Å². The van der Waals surface area contributed by atoms with Gasteiger partial charge in [0.15, 0.2) is 0 Å². The number of likely N-dealkylation sites (N-methyl/N-ethyl adjacent to an activating group) is 1. The zero-order valence-corrected chi connectivity index (χ0v) is 24.0. The number of benzene rings is 1. The van der Waals surface area contributed by atoms with Crippen LogP contribution in [0.4, 0.5) is 0 Å². The van der Waals surface area contributed by atoms with E-state index < -0.39 is 0 Å². The van der Waals surface area contributed by atoms with Crippen LogP contribution in [0.15, 0.2) is 66.2 Å². The molecule has 38 heavy (non-hydrogen) atoms. The number of ether oxygens (including phenoxy) is 1. The Morgan fingerprint density at radius 3 is 2.63 bits per heavy atom. The molecule has 3 aromatic heterocycles. The number of nitrogens with one attached hydrogen (secondary N) is 1. The first kappa shape index (κ1) is 27.7. The van der Waals surface area contributed by atoms with Crippen molar-refractivity contribution < 1.29 is 9.53 Å². The normalized spacial score (nSPS) is 12.2. The highest BCUT2D eigenvalue weighted by molar-refractivity contribution is 7.10. The van der Waals surface area contributed by atoms with Crippen LogP contribution in [0.25, 0.3) is 22.0 Å². The maximum atomic E-state index is 11.6. The van der Waals surface area contributed by atoms with Crippen LogP contribution in [0.2, 0.25) is 5.02 Å². The van der Waals surface area contributed by atoms with Crippen molar-refractivity contribution in [3.8, 4) is 5.88 Å². The van der Waals surface area contributed by atoms with E-state index in [2.05, 4.69) is 41.3 Å². The SMILES string of the molecule is CC/C(=C(/c1ccc(OCCCC/C=C/C(=O)N(C)C)nc1)c1[nH]c2ccccc2c1Cl)c1csc(C)c1. The second-order valence-electron chi connectivity index (χ2n) is 9.38. The van der Waals surface area contributed by atoms with Crippen LogP contribution in [-0.2, 0) is 4.79 Å². The van der Waals surface area contributed by atoms with Gasteiger partial charge >= 0.3 is 0 Å². The molecule has 0 unspecified atom stereocenters. The lowest BCUT2D eigenvalue weighted by Gasteiger charge is -2.15. The summed E-state index contributed by atoms with van der Waals surface area (Å²) >= 11 is 8.70. The van der Waals surface area contributed by atoms with Gasteiger partial charge in [-0.2, -0.15) is 0 Å². The molecule has 0 saturated carbocycles. The average molecular weight is 548 g/mol. The quantitative estimate of drug-likeness (QED) is 0.152. The summed E-state index contributed by atoms with van der Waals surface area (Å²) in [7, 11) is 3.50. The predicted molar refractivity (Wildman–Crippen MR) is 160 cm³/mol. The smallest absolute Gasteiger partial charge is 0.245 e. The highest BCUT2D eigenvalue weighted by atomic mass is 35.5. The monoisotopic (exact) mass is 547 g/mol. The number of thiophene rings is 1. The second-order valence-corrected chi connectivity index (χ2v) is 10.9. The number of allylic oxidation sites excluding steroid dienone is 2. The molecular formula is C31H34ClN3O2S. The number of H-pyrrole nitrogens is 1. The molecule has 3 heterocycles. The number of para-hydroxylation sites is 1. The van der Waals surface area contributed by atoms with Gasteiger partial charge in [-0.05, 0) is 73.4 Å². The first-order chi connectivity index (χ1) is 18.4. The number of fused-ring (bicyclic) bond motifs is 1. The summed E-state index contributed by atoms with van der Waals surface area (Å²) in [5.41, 5.74) is 6.40. The number of carbonyl (C=O) groups is 1. The number of aryl methyl sites for hydroxylation is 1. The van der Waals surface area contributed by atoms with E-state index in [1.807, 2.05) is 42.6 Å². The van der Waals surface area contributed by atoms with Gasteiger partial charge in [0.05, 0.1) is 17.3 Å². The van der Waals surface area contributed by atoms with E-state index in [1.165, 1.54) is 16.0 Å². The molecular weight excluding hydrogens is 514 g/mol. The van der Waals surface area contributed by atoms with E-state index in [0.717, 1.165) is 58.4 Å². The first-order valence-corrected chi connectivity index (χ1v) is 14.2. The predicted octanol–water partition coefficient (Wildman–Crippen LogP) is 8.15. The van der Waals surface area contributed by atoms with Crippen LogP contribution in [0, 0.1) is 6.92 Å². The molecule has 1 amide bonds. The largest absolute Gasteiger partial charge is 0.478 e. The lowest BCUT2D eigenvalue weighted by atomic mass is 9.92. The third-order valence-corrected chi connectivity index (χ3v) is 7.62. The number of halogens is 1. The van der Waals surface area contributed by atoms with E-state index in [0.29, 0.717) is 12.5 Å². The topological polar surface area (TPSA) is 58.2 Å². The van der Waals surface area contributed by atoms with Gasteiger partial charge in [-0.15, -0.1) is 11.3 Å². The van der Waals surface area contributed by atoms with Crippen LogP contribution in [0.1, 0.15) is 54.3 Å². The van der Waals surface area contributed by atoms with Crippen molar-refractivity contribution in [3.63, 3.8) is 0 Å². The summed E-state index contributed by atoms with van der Waals surface area (Å²) in [5.74, 6) is 0.603. The standard InChI is InChI=1S/C31H34ClN3O2S/c1-5-24(23-18-21(2)38-20-23)29(31-30(32)25-12-9-10-13-26(25)34-31)22-15-16-27(33-19-22)37-17-11-7-6-8-14-28(36)35(3)4/h8-10,12-16,18-20,34H,5-7,11,17H2,1-4H3/b14-8+,29-24+. The Bertz CT molecular complexity index is 1450. The molecule has 0 fully saturated rings. The zero-order chi connectivity index (χ0) is 27.1. The van der Waals surface area contributed by atoms with E-state index in [1.54, 1.807) is 36.4 Å². The summed E-state index contributed by atoms with van der Waals surface area (Å²) in [6.45, 7) is 4.88. The summed E-state index contributed by atoms with van der Waals surface area (Å²) in [6, 6.07) is 14.3. The fourth-order valence-corrected chi connectivity index (χ4v) is 5.39. The highest BCUT2D eigenvalue weighted by Crippen LogP contribution is 2.40. The number of carbonyl (C=O) groups excluding carboxylic acids is 1.